The Morgan fingerprint density at radius 2 is 2.33 bits per heavy atom. The summed E-state index contributed by atoms with van der Waals surface area (Å²) in [7, 11) is 0. The molecule has 3 heteroatoms. The number of piperidine rings is 1. The summed E-state index contributed by atoms with van der Waals surface area (Å²) < 4.78 is 4.95. The van der Waals surface area contributed by atoms with E-state index in [0.29, 0.717) is 0 Å². The molecule has 2 rings (SSSR count). The summed E-state index contributed by atoms with van der Waals surface area (Å²) in [5.41, 5.74) is 1.05. The maximum atomic E-state index is 4.95. The van der Waals surface area contributed by atoms with Crippen molar-refractivity contribution >= 4 is 0 Å². The van der Waals surface area contributed by atoms with E-state index in [0.717, 1.165) is 18.2 Å². The lowest BCUT2D eigenvalue weighted by Crippen LogP contribution is -2.33. The van der Waals surface area contributed by atoms with Gasteiger partial charge in [-0.3, -0.25) is 4.90 Å². The summed E-state index contributed by atoms with van der Waals surface area (Å²) in [5, 5.41) is 0. The van der Waals surface area contributed by atoms with Crippen LogP contribution in [0.1, 0.15) is 39.3 Å². The Hall–Kier alpha value is -0.830. The number of rotatable bonds is 2. The Balaban J connectivity index is 0.000000531. The molecule has 1 aromatic heterocycles. The van der Waals surface area contributed by atoms with E-state index in [4.69, 9.17) is 4.42 Å². The number of hydrogen-bond donors (Lipinski definition) is 0. The number of hydrogen-bond acceptors (Lipinski definition) is 3. The van der Waals surface area contributed by atoms with Gasteiger partial charge >= 0.3 is 0 Å². The molecule has 1 fully saturated rings. The predicted molar refractivity (Wildman–Crippen MR) is 61.5 cm³/mol. The minimum atomic E-state index is 0.834. The van der Waals surface area contributed by atoms with Gasteiger partial charge in [0.1, 0.15) is 6.26 Å². The molecule has 0 spiro atoms. The molecule has 2 heterocycles. The van der Waals surface area contributed by atoms with Gasteiger partial charge in [0.05, 0.1) is 5.69 Å². The maximum Gasteiger partial charge on any atom is 0.180 e. The molecule has 1 unspecified atom stereocenters. The second-order valence-electron chi connectivity index (χ2n) is 3.96. The van der Waals surface area contributed by atoms with Crippen molar-refractivity contribution in [3.63, 3.8) is 0 Å². The minimum Gasteiger partial charge on any atom is -0.451 e. The largest absolute Gasteiger partial charge is 0.451 e. The van der Waals surface area contributed by atoms with Crippen molar-refractivity contribution in [2.24, 2.45) is 5.92 Å². The van der Waals surface area contributed by atoms with E-state index in [-0.39, 0.29) is 0 Å². The van der Waals surface area contributed by atoms with Gasteiger partial charge < -0.3 is 4.42 Å². The van der Waals surface area contributed by atoms with Crippen LogP contribution in [0.2, 0.25) is 0 Å². The first kappa shape index (κ1) is 12.2. The molecule has 1 aromatic rings. The second-order valence-corrected chi connectivity index (χ2v) is 3.96. The third kappa shape index (κ3) is 4.04. The molecule has 1 aliphatic heterocycles. The van der Waals surface area contributed by atoms with Crippen LogP contribution in [0, 0.1) is 5.92 Å². The van der Waals surface area contributed by atoms with Crippen LogP contribution in [0.4, 0.5) is 0 Å². The van der Waals surface area contributed by atoms with Gasteiger partial charge in [-0.25, -0.2) is 4.98 Å². The third-order valence-corrected chi connectivity index (χ3v) is 2.61. The van der Waals surface area contributed by atoms with E-state index < -0.39 is 0 Å². The molecule has 0 N–H and O–H groups in total. The van der Waals surface area contributed by atoms with Crippen LogP contribution >= 0.6 is 0 Å². The monoisotopic (exact) mass is 210 g/mol. The van der Waals surface area contributed by atoms with Gasteiger partial charge in [0.15, 0.2) is 6.39 Å². The summed E-state index contributed by atoms with van der Waals surface area (Å²) in [4.78, 5) is 6.58. The van der Waals surface area contributed by atoms with E-state index in [2.05, 4.69) is 16.8 Å². The van der Waals surface area contributed by atoms with Crippen LogP contribution in [-0.4, -0.2) is 23.0 Å². The summed E-state index contributed by atoms with van der Waals surface area (Å²) in [6, 6.07) is 0. The average molecular weight is 210 g/mol. The van der Waals surface area contributed by atoms with Gasteiger partial charge in [0.25, 0.3) is 0 Å². The molecule has 0 radical (unpaired) electrons. The third-order valence-electron chi connectivity index (χ3n) is 2.61. The first-order valence-electron chi connectivity index (χ1n) is 5.94. The molecule has 3 nitrogen and oxygen atoms in total. The standard InChI is InChI=1S/C10H16N2O.C2H6/c1-9-3-2-4-12(5-9)6-10-7-13-8-11-10;1-2/h7-9H,2-6H2,1H3;1-2H3. The fourth-order valence-corrected chi connectivity index (χ4v) is 1.98. The summed E-state index contributed by atoms with van der Waals surface area (Å²) in [5.74, 6) is 0.834. The van der Waals surface area contributed by atoms with Gasteiger partial charge in [0, 0.05) is 13.1 Å². The van der Waals surface area contributed by atoms with Crippen LogP contribution in [0.15, 0.2) is 17.1 Å². The molecule has 1 saturated heterocycles. The number of oxazole rings is 1. The Morgan fingerprint density at radius 3 is 2.93 bits per heavy atom. The Labute approximate surface area is 92.5 Å². The SMILES string of the molecule is CC.CC1CCCN(Cc2cocn2)C1. The van der Waals surface area contributed by atoms with Crippen LogP contribution < -0.4 is 0 Å². The van der Waals surface area contributed by atoms with Gasteiger partial charge in [0.2, 0.25) is 0 Å². The number of aromatic nitrogens is 1. The van der Waals surface area contributed by atoms with Crippen molar-refractivity contribution in [3.8, 4) is 0 Å². The van der Waals surface area contributed by atoms with Crippen molar-refractivity contribution in [2.75, 3.05) is 13.1 Å². The van der Waals surface area contributed by atoms with E-state index in [9.17, 15) is 0 Å². The molecule has 0 aromatic carbocycles. The lowest BCUT2D eigenvalue weighted by Gasteiger charge is -2.29. The zero-order chi connectivity index (χ0) is 11.1. The van der Waals surface area contributed by atoms with E-state index in [1.54, 1.807) is 6.26 Å². The van der Waals surface area contributed by atoms with Crippen molar-refractivity contribution in [2.45, 2.75) is 40.2 Å². The lowest BCUT2D eigenvalue weighted by atomic mass is 10.0. The van der Waals surface area contributed by atoms with Crippen molar-refractivity contribution in [1.82, 2.24) is 9.88 Å². The smallest absolute Gasteiger partial charge is 0.180 e. The maximum absolute atomic E-state index is 4.95. The molecule has 1 aliphatic rings. The van der Waals surface area contributed by atoms with Crippen molar-refractivity contribution in [3.05, 3.63) is 18.4 Å². The normalized spacial score (nSPS) is 21.9. The van der Waals surface area contributed by atoms with Crippen molar-refractivity contribution in [1.29, 1.82) is 0 Å². The average Bonchev–Trinajstić information content (AvgIpc) is 2.74. The molecule has 15 heavy (non-hydrogen) atoms. The second kappa shape index (κ2) is 6.62. The summed E-state index contributed by atoms with van der Waals surface area (Å²) >= 11 is 0. The molecular formula is C12H22N2O. The summed E-state index contributed by atoms with van der Waals surface area (Å²) in [6.45, 7) is 9.67. The first-order valence-corrected chi connectivity index (χ1v) is 5.94. The lowest BCUT2D eigenvalue weighted by molar-refractivity contribution is 0.175. The fraction of sp³-hybridized carbons (Fsp3) is 0.750. The van der Waals surface area contributed by atoms with Crippen LogP contribution in [-0.2, 0) is 6.54 Å². The minimum absolute atomic E-state index is 0.834. The van der Waals surface area contributed by atoms with Crippen LogP contribution in [0.3, 0.4) is 0 Å². The highest BCUT2D eigenvalue weighted by Gasteiger charge is 2.16. The highest BCUT2D eigenvalue weighted by atomic mass is 16.3. The highest BCUT2D eigenvalue weighted by molar-refractivity contribution is 4.91. The molecular weight excluding hydrogens is 188 g/mol. The topological polar surface area (TPSA) is 29.3 Å². The number of likely N-dealkylation sites (tertiary alicyclic amines) is 1. The molecule has 86 valence electrons. The predicted octanol–water partition coefficient (Wildman–Crippen LogP) is 2.93. The van der Waals surface area contributed by atoms with Gasteiger partial charge in [-0.05, 0) is 25.3 Å². The van der Waals surface area contributed by atoms with Crippen LogP contribution in [0.25, 0.3) is 0 Å². The Kier molecular flexibility index (Phi) is 5.40. The van der Waals surface area contributed by atoms with E-state index in [1.165, 1.54) is 32.3 Å². The number of nitrogens with zero attached hydrogens (tertiary/aromatic N) is 2. The van der Waals surface area contributed by atoms with Gasteiger partial charge in [-0.15, -0.1) is 0 Å². The molecule has 0 aliphatic carbocycles. The van der Waals surface area contributed by atoms with Gasteiger partial charge in [-0.2, -0.15) is 0 Å². The van der Waals surface area contributed by atoms with E-state index in [1.807, 2.05) is 13.8 Å². The molecule has 0 amide bonds. The fourth-order valence-electron chi connectivity index (χ4n) is 1.98. The summed E-state index contributed by atoms with van der Waals surface area (Å²) in [6.07, 6.45) is 5.93. The first-order chi connectivity index (χ1) is 7.34. The van der Waals surface area contributed by atoms with Crippen LogP contribution in [0.5, 0.6) is 0 Å². The Bertz CT molecular complexity index is 246. The molecule has 0 saturated carbocycles. The highest BCUT2D eigenvalue weighted by Crippen LogP contribution is 2.16. The Morgan fingerprint density at radius 1 is 1.53 bits per heavy atom. The molecule has 1 atom stereocenters. The zero-order valence-corrected chi connectivity index (χ0v) is 10.1. The van der Waals surface area contributed by atoms with Crippen molar-refractivity contribution < 1.29 is 4.42 Å². The molecule has 0 bridgehead atoms. The quantitative estimate of drug-likeness (QED) is 0.751. The zero-order valence-electron chi connectivity index (χ0n) is 10.1. The van der Waals surface area contributed by atoms with E-state index >= 15 is 0 Å². The van der Waals surface area contributed by atoms with Gasteiger partial charge in [-0.1, -0.05) is 20.8 Å².